The number of nitrogens with zero attached hydrogens (tertiary/aromatic N) is 1. The number of hydrogen-bond donors (Lipinski definition) is 0. The topological polar surface area (TPSA) is 39.2 Å². The lowest BCUT2D eigenvalue weighted by Crippen LogP contribution is -2.12. The predicted molar refractivity (Wildman–Crippen MR) is 52.5 cm³/mol. The summed E-state index contributed by atoms with van der Waals surface area (Å²) in [6.45, 7) is 0. The molecule has 1 heterocycles. The Hall–Kier alpha value is -1.59. The molecule has 2 atom stereocenters. The molecule has 0 saturated heterocycles. The van der Waals surface area contributed by atoms with Crippen molar-refractivity contribution in [2.45, 2.75) is 18.5 Å². The van der Waals surface area contributed by atoms with Gasteiger partial charge in [-0.1, -0.05) is 6.07 Å². The highest BCUT2D eigenvalue weighted by atomic mass is 19.4. The van der Waals surface area contributed by atoms with Crippen molar-refractivity contribution >= 4 is 5.97 Å². The summed E-state index contributed by atoms with van der Waals surface area (Å²) in [6.07, 6.45) is -4.14. The Kier molecular flexibility index (Phi) is 2.81. The minimum atomic E-state index is -4.19. The minimum absolute atomic E-state index is 0.0397. The molecule has 0 bridgehead atoms. The van der Waals surface area contributed by atoms with E-state index in [-0.39, 0.29) is 12.1 Å². The fraction of sp³-hybridized carbons (Fsp3) is 0.455. The second-order valence-electron chi connectivity index (χ2n) is 3.93. The Morgan fingerprint density at radius 3 is 2.71 bits per heavy atom. The van der Waals surface area contributed by atoms with E-state index in [0.717, 1.165) is 0 Å². The maximum atomic E-state index is 12.4. The molecule has 0 spiro atoms. The van der Waals surface area contributed by atoms with Gasteiger partial charge in [0.25, 0.3) is 0 Å². The SMILES string of the molecule is COC(=O)c1cccc(C2CC2C(F)(F)F)n1. The largest absolute Gasteiger partial charge is 0.464 e. The smallest absolute Gasteiger partial charge is 0.392 e. The first-order valence-electron chi connectivity index (χ1n) is 5.05. The van der Waals surface area contributed by atoms with Gasteiger partial charge in [0, 0.05) is 11.6 Å². The number of carbonyl (C=O) groups excluding carboxylic acids is 1. The van der Waals surface area contributed by atoms with Crippen LogP contribution in [0.2, 0.25) is 0 Å². The van der Waals surface area contributed by atoms with Gasteiger partial charge >= 0.3 is 12.1 Å². The van der Waals surface area contributed by atoms with Gasteiger partial charge in [0.2, 0.25) is 0 Å². The monoisotopic (exact) mass is 245 g/mol. The van der Waals surface area contributed by atoms with Gasteiger partial charge in [-0.3, -0.25) is 0 Å². The predicted octanol–water partition coefficient (Wildman–Crippen LogP) is 2.53. The summed E-state index contributed by atoms with van der Waals surface area (Å²) in [5, 5.41) is 0. The van der Waals surface area contributed by atoms with Gasteiger partial charge in [-0.2, -0.15) is 13.2 Å². The number of aromatic nitrogens is 1. The van der Waals surface area contributed by atoms with Gasteiger partial charge in [-0.15, -0.1) is 0 Å². The molecule has 0 N–H and O–H groups in total. The van der Waals surface area contributed by atoms with E-state index in [2.05, 4.69) is 9.72 Å². The fourth-order valence-corrected chi connectivity index (χ4v) is 1.76. The number of esters is 1. The molecule has 0 aromatic carbocycles. The minimum Gasteiger partial charge on any atom is -0.464 e. The number of alkyl halides is 3. The quantitative estimate of drug-likeness (QED) is 0.751. The molecule has 1 aromatic rings. The first-order valence-corrected chi connectivity index (χ1v) is 5.05. The van der Waals surface area contributed by atoms with Gasteiger partial charge in [0.1, 0.15) is 5.69 Å². The van der Waals surface area contributed by atoms with Crippen LogP contribution in [-0.4, -0.2) is 24.2 Å². The number of methoxy groups -OCH3 is 1. The molecule has 0 radical (unpaired) electrons. The Labute approximate surface area is 95.6 Å². The third-order valence-corrected chi connectivity index (χ3v) is 2.76. The van der Waals surface area contributed by atoms with Crippen LogP contribution >= 0.6 is 0 Å². The van der Waals surface area contributed by atoms with Crippen LogP contribution in [0.4, 0.5) is 13.2 Å². The van der Waals surface area contributed by atoms with Crippen molar-refractivity contribution in [3.8, 4) is 0 Å². The number of hydrogen-bond acceptors (Lipinski definition) is 3. The van der Waals surface area contributed by atoms with Gasteiger partial charge in [-0.05, 0) is 18.6 Å². The van der Waals surface area contributed by atoms with Crippen LogP contribution in [0, 0.1) is 5.92 Å². The molecular weight excluding hydrogens is 235 g/mol. The molecule has 1 saturated carbocycles. The van der Waals surface area contributed by atoms with Crippen LogP contribution in [0.15, 0.2) is 18.2 Å². The lowest BCUT2D eigenvalue weighted by atomic mass is 10.2. The molecule has 0 aliphatic heterocycles. The van der Waals surface area contributed by atoms with Crippen LogP contribution in [-0.2, 0) is 4.74 Å². The summed E-state index contributed by atoms with van der Waals surface area (Å²) in [6, 6.07) is 4.43. The molecule has 1 aromatic heterocycles. The maximum absolute atomic E-state index is 12.4. The number of rotatable bonds is 2. The third kappa shape index (κ3) is 2.40. The third-order valence-electron chi connectivity index (χ3n) is 2.76. The average Bonchev–Trinajstić information content (AvgIpc) is 3.07. The van der Waals surface area contributed by atoms with Crippen molar-refractivity contribution in [3.63, 3.8) is 0 Å². The van der Waals surface area contributed by atoms with Crippen molar-refractivity contribution in [1.29, 1.82) is 0 Å². The van der Waals surface area contributed by atoms with Gasteiger partial charge in [0.05, 0.1) is 13.0 Å². The van der Waals surface area contributed by atoms with E-state index < -0.39 is 24.0 Å². The Bertz CT molecular complexity index is 445. The van der Waals surface area contributed by atoms with E-state index in [4.69, 9.17) is 0 Å². The van der Waals surface area contributed by atoms with Crippen LogP contribution in [0.25, 0.3) is 0 Å². The zero-order valence-electron chi connectivity index (χ0n) is 8.99. The standard InChI is InChI=1S/C11H10F3NO2/c1-17-10(16)9-4-2-3-8(15-9)6-5-7(6)11(12,13)14/h2-4,6-7H,5H2,1H3. The Morgan fingerprint density at radius 1 is 1.47 bits per heavy atom. The van der Waals surface area contributed by atoms with E-state index in [1.54, 1.807) is 0 Å². The number of halogens is 3. The van der Waals surface area contributed by atoms with Crippen LogP contribution in [0.3, 0.4) is 0 Å². The van der Waals surface area contributed by atoms with Gasteiger partial charge < -0.3 is 4.74 Å². The van der Waals surface area contributed by atoms with E-state index in [0.29, 0.717) is 5.69 Å². The molecule has 92 valence electrons. The first kappa shape index (κ1) is 11.9. The second-order valence-corrected chi connectivity index (χ2v) is 3.93. The van der Waals surface area contributed by atoms with Crippen LogP contribution in [0.5, 0.6) is 0 Å². The summed E-state index contributed by atoms with van der Waals surface area (Å²) >= 11 is 0. The fourth-order valence-electron chi connectivity index (χ4n) is 1.76. The summed E-state index contributed by atoms with van der Waals surface area (Å²) in [7, 11) is 1.20. The van der Waals surface area contributed by atoms with E-state index in [1.165, 1.54) is 25.3 Å². The van der Waals surface area contributed by atoms with Gasteiger partial charge in [-0.25, -0.2) is 9.78 Å². The lowest BCUT2D eigenvalue weighted by Gasteiger charge is -2.05. The Morgan fingerprint density at radius 2 is 2.18 bits per heavy atom. The summed E-state index contributed by atoms with van der Waals surface area (Å²) in [5.41, 5.74) is 0.341. The van der Waals surface area contributed by atoms with Crippen molar-refractivity contribution in [3.05, 3.63) is 29.6 Å². The average molecular weight is 245 g/mol. The van der Waals surface area contributed by atoms with E-state index >= 15 is 0 Å². The van der Waals surface area contributed by atoms with Crippen molar-refractivity contribution < 1.29 is 22.7 Å². The number of pyridine rings is 1. The molecule has 1 aliphatic carbocycles. The zero-order valence-corrected chi connectivity index (χ0v) is 8.99. The molecule has 2 rings (SSSR count). The first-order chi connectivity index (χ1) is 7.93. The normalized spacial score (nSPS) is 23.3. The van der Waals surface area contributed by atoms with Crippen molar-refractivity contribution in [1.82, 2.24) is 4.98 Å². The second kappa shape index (κ2) is 4.01. The van der Waals surface area contributed by atoms with Crippen molar-refractivity contribution in [2.24, 2.45) is 5.92 Å². The molecule has 2 unspecified atom stereocenters. The highest BCUT2D eigenvalue weighted by Gasteiger charge is 2.56. The van der Waals surface area contributed by atoms with E-state index in [9.17, 15) is 18.0 Å². The van der Waals surface area contributed by atoms with E-state index in [1.807, 2.05) is 0 Å². The van der Waals surface area contributed by atoms with Crippen LogP contribution < -0.4 is 0 Å². The summed E-state index contributed by atoms with van der Waals surface area (Å²) < 4.78 is 41.6. The number of carbonyl (C=O) groups is 1. The summed E-state index contributed by atoms with van der Waals surface area (Å²) in [4.78, 5) is 15.1. The van der Waals surface area contributed by atoms with Crippen LogP contribution in [0.1, 0.15) is 28.5 Å². The molecule has 1 aliphatic rings. The lowest BCUT2D eigenvalue weighted by molar-refractivity contribution is -0.148. The number of ether oxygens (including phenoxy) is 1. The van der Waals surface area contributed by atoms with Gasteiger partial charge in [0.15, 0.2) is 0 Å². The summed E-state index contributed by atoms with van der Waals surface area (Å²) in [5.74, 6) is -2.60. The highest BCUT2D eigenvalue weighted by molar-refractivity contribution is 5.87. The molecule has 6 heteroatoms. The van der Waals surface area contributed by atoms with Crippen molar-refractivity contribution in [2.75, 3.05) is 7.11 Å². The molecular formula is C11H10F3NO2. The molecule has 3 nitrogen and oxygen atoms in total. The maximum Gasteiger partial charge on any atom is 0.392 e. The highest BCUT2D eigenvalue weighted by Crippen LogP contribution is 2.55. The molecule has 0 amide bonds. The Balaban J connectivity index is 2.17. The molecule has 1 fully saturated rings. The molecule has 17 heavy (non-hydrogen) atoms. The zero-order chi connectivity index (χ0) is 12.6.